The minimum Gasteiger partial charge on any atom is -0.360 e. The van der Waals surface area contributed by atoms with Gasteiger partial charge in [-0.05, 0) is 58.8 Å². The molecule has 2 aliphatic heterocycles. The van der Waals surface area contributed by atoms with Crippen molar-refractivity contribution in [2.24, 2.45) is 0 Å². The molecule has 0 unspecified atom stereocenters. The molecule has 26 heavy (non-hydrogen) atoms. The topological polar surface area (TPSA) is 66.7 Å². The number of fused-ring (bicyclic) bond motifs is 2. The molecule has 0 saturated carbocycles. The van der Waals surface area contributed by atoms with Crippen LogP contribution in [0.15, 0.2) is 4.52 Å². The van der Waals surface area contributed by atoms with Crippen LogP contribution >= 0.6 is 0 Å². The number of piperidine rings is 1. The van der Waals surface area contributed by atoms with Crippen molar-refractivity contribution in [3.8, 4) is 0 Å². The molecule has 0 bridgehead atoms. The van der Waals surface area contributed by atoms with Crippen LogP contribution in [0.2, 0.25) is 0 Å². The predicted octanol–water partition coefficient (Wildman–Crippen LogP) is 2.95. The van der Waals surface area contributed by atoms with Crippen LogP contribution in [0.5, 0.6) is 0 Å². The smallest absolute Gasteiger partial charge is 0.276 e. The summed E-state index contributed by atoms with van der Waals surface area (Å²) in [6, 6.07) is 0.0612. The number of hydrogen-bond acceptors (Lipinski definition) is 4. The summed E-state index contributed by atoms with van der Waals surface area (Å²) in [5.41, 5.74) is 1.26. The van der Waals surface area contributed by atoms with Crippen molar-refractivity contribution >= 4 is 11.8 Å². The van der Waals surface area contributed by atoms with E-state index in [0.717, 1.165) is 69.2 Å². The van der Waals surface area contributed by atoms with Gasteiger partial charge in [-0.15, -0.1) is 0 Å². The molecule has 1 aliphatic carbocycles. The van der Waals surface area contributed by atoms with Crippen LogP contribution in [-0.4, -0.2) is 51.4 Å². The fourth-order valence-corrected chi connectivity index (χ4v) is 5.35. The average Bonchev–Trinajstić information content (AvgIpc) is 2.98. The second-order valence-corrected chi connectivity index (χ2v) is 8.15. The lowest BCUT2D eigenvalue weighted by atomic mass is 9.79. The van der Waals surface area contributed by atoms with Gasteiger partial charge in [-0.25, -0.2) is 0 Å². The summed E-state index contributed by atoms with van der Waals surface area (Å²) in [6.07, 6.45) is 8.21. The normalized spacial score (nSPS) is 29.2. The summed E-state index contributed by atoms with van der Waals surface area (Å²) in [5.74, 6) is 1.12. The summed E-state index contributed by atoms with van der Waals surface area (Å²) < 4.78 is 5.49. The first-order valence-corrected chi connectivity index (χ1v) is 10.1. The Bertz CT molecular complexity index is 713. The molecule has 2 atom stereocenters. The highest BCUT2D eigenvalue weighted by molar-refractivity contribution is 5.94. The van der Waals surface area contributed by atoms with Gasteiger partial charge in [-0.2, -0.15) is 0 Å². The number of carbonyl (C=O) groups excluding carboxylic acids is 2. The minimum atomic E-state index is -0.278. The lowest BCUT2D eigenvalue weighted by Gasteiger charge is -2.52. The first-order chi connectivity index (χ1) is 12.6. The molecule has 0 N–H and O–H groups in total. The Labute approximate surface area is 154 Å². The molecule has 0 spiro atoms. The Hall–Kier alpha value is -1.85. The Morgan fingerprint density at radius 1 is 1.23 bits per heavy atom. The molecule has 142 valence electrons. The molecule has 2 fully saturated rings. The van der Waals surface area contributed by atoms with Crippen LogP contribution in [0.3, 0.4) is 0 Å². The van der Waals surface area contributed by atoms with E-state index in [1.54, 1.807) is 0 Å². The molecule has 0 aromatic carbocycles. The van der Waals surface area contributed by atoms with Gasteiger partial charge in [0.25, 0.3) is 5.91 Å². The number of aromatic nitrogens is 1. The second kappa shape index (κ2) is 6.71. The van der Waals surface area contributed by atoms with Gasteiger partial charge < -0.3 is 14.3 Å². The Morgan fingerprint density at radius 3 is 2.85 bits per heavy atom. The van der Waals surface area contributed by atoms with Gasteiger partial charge in [0.1, 0.15) is 5.76 Å². The number of aryl methyl sites for hydroxylation is 1. The van der Waals surface area contributed by atoms with E-state index in [2.05, 4.69) is 12.1 Å². The van der Waals surface area contributed by atoms with Crippen LogP contribution in [0.25, 0.3) is 0 Å². The Morgan fingerprint density at radius 2 is 2.04 bits per heavy atom. The minimum absolute atomic E-state index is 0.000395. The third-order valence-electron chi connectivity index (χ3n) is 6.71. The molecule has 4 rings (SSSR count). The number of rotatable bonds is 2. The zero-order chi connectivity index (χ0) is 18.3. The van der Waals surface area contributed by atoms with E-state index in [4.69, 9.17) is 4.52 Å². The number of likely N-dealkylation sites (tertiary alicyclic amines) is 2. The molecular weight excluding hydrogens is 330 g/mol. The highest BCUT2D eigenvalue weighted by Gasteiger charge is 2.50. The van der Waals surface area contributed by atoms with Crippen LogP contribution in [-0.2, 0) is 17.6 Å². The largest absolute Gasteiger partial charge is 0.360 e. The lowest BCUT2D eigenvalue weighted by molar-refractivity contribution is -0.145. The van der Waals surface area contributed by atoms with E-state index in [1.807, 2.05) is 16.7 Å². The molecule has 6 heteroatoms. The van der Waals surface area contributed by atoms with Gasteiger partial charge in [-0.3, -0.25) is 9.59 Å². The van der Waals surface area contributed by atoms with Crippen molar-refractivity contribution in [2.45, 2.75) is 83.2 Å². The van der Waals surface area contributed by atoms with Crippen molar-refractivity contribution in [3.05, 3.63) is 17.0 Å². The van der Waals surface area contributed by atoms with Crippen molar-refractivity contribution in [1.29, 1.82) is 0 Å². The molecule has 0 radical (unpaired) electrons. The average molecular weight is 359 g/mol. The van der Waals surface area contributed by atoms with E-state index in [1.165, 1.54) is 0 Å². The van der Waals surface area contributed by atoms with E-state index < -0.39 is 0 Å². The Balaban J connectivity index is 1.68. The van der Waals surface area contributed by atoms with Gasteiger partial charge >= 0.3 is 0 Å². The van der Waals surface area contributed by atoms with Gasteiger partial charge in [0.05, 0.1) is 11.6 Å². The fourth-order valence-electron chi connectivity index (χ4n) is 5.35. The molecule has 1 aromatic rings. The van der Waals surface area contributed by atoms with E-state index in [-0.39, 0.29) is 23.4 Å². The number of likely N-dealkylation sites (N-methyl/N-ethyl adjacent to an activating group) is 1. The molecule has 3 heterocycles. The molecule has 3 aliphatic rings. The maximum Gasteiger partial charge on any atom is 0.276 e. The van der Waals surface area contributed by atoms with Crippen LogP contribution in [0.4, 0.5) is 0 Å². The van der Waals surface area contributed by atoms with Crippen molar-refractivity contribution in [1.82, 2.24) is 15.0 Å². The standard InChI is InChI=1S/C20H29N3O3/c1-3-23-17(24)11-10-16-20(23,2)12-6-7-13-22(16)19(25)18-14-8-4-5-9-15(14)26-21-18/h16H,3-13H2,1-2H3/t16-,20-/m0/s1. The van der Waals surface area contributed by atoms with Gasteiger partial charge in [0.2, 0.25) is 5.91 Å². The van der Waals surface area contributed by atoms with Crippen molar-refractivity contribution < 1.29 is 14.1 Å². The predicted molar refractivity (Wildman–Crippen MR) is 96.8 cm³/mol. The summed E-state index contributed by atoms with van der Waals surface area (Å²) in [5, 5.41) is 4.17. The highest BCUT2D eigenvalue weighted by Crippen LogP contribution is 2.39. The van der Waals surface area contributed by atoms with E-state index in [0.29, 0.717) is 18.7 Å². The SMILES string of the molecule is CCN1C(=O)CC[C@@H]2N(C(=O)c3noc4c3CCCC4)CCCC[C@@]21C. The van der Waals surface area contributed by atoms with Gasteiger partial charge in [0, 0.05) is 31.5 Å². The third kappa shape index (κ3) is 2.65. The Kier molecular flexibility index (Phi) is 4.53. The first kappa shape index (κ1) is 17.6. The number of amides is 2. The second-order valence-electron chi connectivity index (χ2n) is 8.15. The summed E-state index contributed by atoms with van der Waals surface area (Å²) >= 11 is 0. The van der Waals surface area contributed by atoms with Gasteiger partial charge in [0.15, 0.2) is 5.69 Å². The number of carbonyl (C=O) groups is 2. The summed E-state index contributed by atoms with van der Waals surface area (Å²) in [7, 11) is 0. The lowest BCUT2D eigenvalue weighted by Crippen LogP contribution is -2.65. The van der Waals surface area contributed by atoms with E-state index in [9.17, 15) is 9.59 Å². The molecular formula is C20H29N3O3. The third-order valence-corrected chi connectivity index (χ3v) is 6.71. The monoisotopic (exact) mass is 359 g/mol. The molecule has 1 aromatic heterocycles. The fraction of sp³-hybridized carbons (Fsp3) is 0.750. The zero-order valence-corrected chi connectivity index (χ0v) is 15.9. The van der Waals surface area contributed by atoms with Crippen molar-refractivity contribution in [3.63, 3.8) is 0 Å². The maximum atomic E-state index is 13.5. The van der Waals surface area contributed by atoms with Crippen LogP contribution in [0.1, 0.15) is 80.6 Å². The highest BCUT2D eigenvalue weighted by atomic mass is 16.5. The molecule has 2 amide bonds. The maximum absolute atomic E-state index is 13.5. The summed E-state index contributed by atoms with van der Waals surface area (Å²) in [4.78, 5) is 30.0. The van der Waals surface area contributed by atoms with Crippen LogP contribution < -0.4 is 0 Å². The quantitative estimate of drug-likeness (QED) is 0.814. The number of hydrogen-bond donors (Lipinski definition) is 0. The molecule has 6 nitrogen and oxygen atoms in total. The number of nitrogens with zero attached hydrogens (tertiary/aromatic N) is 3. The van der Waals surface area contributed by atoms with E-state index >= 15 is 0 Å². The first-order valence-electron chi connectivity index (χ1n) is 10.1. The van der Waals surface area contributed by atoms with Crippen LogP contribution in [0, 0.1) is 0 Å². The molecule has 2 saturated heterocycles. The summed E-state index contributed by atoms with van der Waals surface area (Å²) in [6.45, 7) is 5.65. The zero-order valence-electron chi connectivity index (χ0n) is 15.9. The van der Waals surface area contributed by atoms with Gasteiger partial charge in [-0.1, -0.05) is 5.16 Å². The van der Waals surface area contributed by atoms with Crippen molar-refractivity contribution in [2.75, 3.05) is 13.1 Å².